The molecule has 1 unspecified atom stereocenters. The van der Waals surface area contributed by atoms with E-state index < -0.39 is 0 Å². The lowest BCUT2D eigenvalue weighted by Gasteiger charge is -2.09. The maximum Gasteiger partial charge on any atom is 0.0738 e. The zero-order valence-electron chi connectivity index (χ0n) is 10.7. The van der Waals surface area contributed by atoms with Crippen molar-refractivity contribution >= 4 is 22.5 Å². The Morgan fingerprint density at radius 2 is 1.88 bits per heavy atom. The zero-order chi connectivity index (χ0) is 12.0. The summed E-state index contributed by atoms with van der Waals surface area (Å²) in [5.74, 6) is 0. The maximum atomic E-state index is 4.69. The molecule has 0 aliphatic carbocycles. The van der Waals surface area contributed by atoms with Gasteiger partial charge < -0.3 is 0 Å². The van der Waals surface area contributed by atoms with Gasteiger partial charge in [-0.3, -0.25) is 0 Å². The lowest BCUT2D eigenvalue weighted by Crippen LogP contribution is -1.99. The Hall–Kier alpha value is -0.760. The van der Waals surface area contributed by atoms with Crippen molar-refractivity contribution in [1.82, 2.24) is 0 Å². The van der Waals surface area contributed by atoms with E-state index in [1.807, 2.05) is 11.8 Å². The van der Waals surface area contributed by atoms with Gasteiger partial charge >= 0.3 is 0 Å². The SMILES string of the molecule is CCC(=Nc1ccc(C)cc1)SC(C)CC. The third-order valence-corrected chi connectivity index (χ3v) is 3.89. The number of hydrogen-bond donors (Lipinski definition) is 0. The van der Waals surface area contributed by atoms with E-state index in [1.165, 1.54) is 17.0 Å². The number of aliphatic imine (C=N–C) groups is 1. The molecule has 0 bridgehead atoms. The molecule has 88 valence electrons. The predicted molar refractivity (Wildman–Crippen MR) is 75.9 cm³/mol. The van der Waals surface area contributed by atoms with Crippen molar-refractivity contribution in [3.05, 3.63) is 29.8 Å². The monoisotopic (exact) mass is 235 g/mol. The van der Waals surface area contributed by atoms with Crippen LogP contribution < -0.4 is 0 Å². The lowest BCUT2D eigenvalue weighted by molar-refractivity contribution is 0.910. The molecule has 1 nitrogen and oxygen atoms in total. The molecule has 1 atom stereocenters. The van der Waals surface area contributed by atoms with Crippen LogP contribution in [-0.4, -0.2) is 10.3 Å². The topological polar surface area (TPSA) is 12.4 Å². The highest BCUT2D eigenvalue weighted by Gasteiger charge is 2.04. The molecule has 0 aromatic heterocycles. The van der Waals surface area contributed by atoms with E-state index in [9.17, 15) is 0 Å². The fourth-order valence-electron chi connectivity index (χ4n) is 1.27. The normalized spacial score (nSPS) is 13.9. The van der Waals surface area contributed by atoms with Crippen molar-refractivity contribution in [2.24, 2.45) is 4.99 Å². The van der Waals surface area contributed by atoms with Crippen LogP contribution in [0, 0.1) is 6.92 Å². The molecule has 0 fully saturated rings. The first-order chi connectivity index (χ1) is 7.65. The Balaban J connectivity index is 2.75. The highest BCUT2D eigenvalue weighted by atomic mass is 32.2. The molecule has 0 saturated carbocycles. The first kappa shape index (κ1) is 13.3. The van der Waals surface area contributed by atoms with Crippen LogP contribution in [0.1, 0.15) is 39.2 Å². The second-order valence-electron chi connectivity index (χ2n) is 4.03. The summed E-state index contributed by atoms with van der Waals surface area (Å²) >= 11 is 1.89. The Labute approximate surface area is 103 Å². The third-order valence-electron chi connectivity index (χ3n) is 2.50. The second kappa shape index (κ2) is 6.74. The van der Waals surface area contributed by atoms with Crippen LogP contribution in [0.4, 0.5) is 5.69 Å². The minimum Gasteiger partial charge on any atom is -0.247 e. The molecule has 1 aromatic carbocycles. The number of aryl methyl sites for hydroxylation is 1. The molecular weight excluding hydrogens is 214 g/mol. The van der Waals surface area contributed by atoms with Crippen LogP contribution in [0.2, 0.25) is 0 Å². The quantitative estimate of drug-likeness (QED) is 0.530. The van der Waals surface area contributed by atoms with Crippen molar-refractivity contribution in [3.8, 4) is 0 Å². The van der Waals surface area contributed by atoms with Crippen LogP contribution in [0.5, 0.6) is 0 Å². The highest BCUT2D eigenvalue weighted by Crippen LogP contribution is 2.22. The van der Waals surface area contributed by atoms with E-state index in [2.05, 4.69) is 57.0 Å². The minimum absolute atomic E-state index is 0.657. The molecule has 0 amide bonds. The maximum absolute atomic E-state index is 4.69. The van der Waals surface area contributed by atoms with Gasteiger partial charge in [0.05, 0.1) is 10.7 Å². The summed E-state index contributed by atoms with van der Waals surface area (Å²) in [6, 6.07) is 8.39. The second-order valence-corrected chi connectivity index (χ2v) is 5.54. The van der Waals surface area contributed by atoms with Gasteiger partial charge in [-0.05, 0) is 31.9 Å². The van der Waals surface area contributed by atoms with E-state index in [4.69, 9.17) is 0 Å². The predicted octanol–water partition coefficient (Wildman–Crippen LogP) is 4.97. The molecule has 0 aliphatic heterocycles. The van der Waals surface area contributed by atoms with Gasteiger partial charge in [0.15, 0.2) is 0 Å². The molecule has 0 aliphatic rings. The molecule has 0 saturated heterocycles. The van der Waals surface area contributed by atoms with Crippen molar-refractivity contribution in [1.29, 1.82) is 0 Å². The van der Waals surface area contributed by atoms with Gasteiger partial charge in [0.25, 0.3) is 0 Å². The van der Waals surface area contributed by atoms with Crippen molar-refractivity contribution in [2.75, 3.05) is 0 Å². The van der Waals surface area contributed by atoms with Gasteiger partial charge in [-0.2, -0.15) is 0 Å². The minimum atomic E-state index is 0.657. The van der Waals surface area contributed by atoms with Crippen molar-refractivity contribution in [3.63, 3.8) is 0 Å². The molecule has 0 N–H and O–H groups in total. The first-order valence-electron chi connectivity index (χ1n) is 5.96. The molecule has 16 heavy (non-hydrogen) atoms. The zero-order valence-corrected chi connectivity index (χ0v) is 11.5. The molecule has 2 heteroatoms. The van der Waals surface area contributed by atoms with Gasteiger partial charge in [0, 0.05) is 5.25 Å². The summed E-state index contributed by atoms with van der Waals surface area (Å²) in [5.41, 5.74) is 2.35. The Kier molecular flexibility index (Phi) is 5.61. The van der Waals surface area contributed by atoms with Gasteiger partial charge in [-0.15, -0.1) is 11.8 Å². The van der Waals surface area contributed by atoms with Crippen molar-refractivity contribution in [2.45, 2.75) is 45.8 Å². The Morgan fingerprint density at radius 1 is 1.25 bits per heavy atom. The van der Waals surface area contributed by atoms with Crippen molar-refractivity contribution < 1.29 is 0 Å². The molecule has 0 radical (unpaired) electrons. The van der Waals surface area contributed by atoms with E-state index in [-0.39, 0.29) is 0 Å². The molecule has 1 aromatic rings. The summed E-state index contributed by atoms with van der Waals surface area (Å²) in [6.45, 7) is 8.74. The smallest absolute Gasteiger partial charge is 0.0738 e. The number of hydrogen-bond acceptors (Lipinski definition) is 2. The number of rotatable bonds is 4. The summed E-state index contributed by atoms with van der Waals surface area (Å²) in [4.78, 5) is 4.69. The van der Waals surface area contributed by atoms with Gasteiger partial charge in [-0.1, -0.05) is 38.5 Å². The summed E-state index contributed by atoms with van der Waals surface area (Å²) < 4.78 is 0. The Morgan fingerprint density at radius 3 is 2.38 bits per heavy atom. The van der Waals surface area contributed by atoms with Crippen LogP contribution in [-0.2, 0) is 0 Å². The number of benzene rings is 1. The molecule has 1 rings (SSSR count). The van der Waals surface area contributed by atoms with E-state index in [1.54, 1.807) is 0 Å². The largest absolute Gasteiger partial charge is 0.247 e. The number of nitrogens with zero attached hydrogens (tertiary/aromatic N) is 1. The van der Waals surface area contributed by atoms with Crippen LogP contribution >= 0.6 is 11.8 Å². The van der Waals surface area contributed by atoms with Gasteiger partial charge in [-0.25, -0.2) is 4.99 Å². The first-order valence-corrected chi connectivity index (χ1v) is 6.84. The van der Waals surface area contributed by atoms with E-state index in [0.29, 0.717) is 5.25 Å². The van der Waals surface area contributed by atoms with Gasteiger partial charge in [0.1, 0.15) is 0 Å². The Bertz CT molecular complexity index is 340. The van der Waals surface area contributed by atoms with Crippen LogP contribution in [0.3, 0.4) is 0 Å². The lowest BCUT2D eigenvalue weighted by atomic mass is 10.2. The average molecular weight is 235 g/mol. The van der Waals surface area contributed by atoms with Crippen LogP contribution in [0.25, 0.3) is 0 Å². The fraction of sp³-hybridized carbons (Fsp3) is 0.500. The standard InChI is InChI=1S/C14H21NS/c1-5-12(4)16-14(6-2)15-13-9-7-11(3)8-10-13/h7-10,12H,5-6H2,1-4H3. The molecule has 0 heterocycles. The average Bonchev–Trinajstić information content (AvgIpc) is 2.30. The summed E-state index contributed by atoms with van der Waals surface area (Å²) in [7, 11) is 0. The van der Waals surface area contributed by atoms with Gasteiger partial charge in [0.2, 0.25) is 0 Å². The third kappa shape index (κ3) is 4.40. The van der Waals surface area contributed by atoms with E-state index in [0.717, 1.165) is 12.1 Å². The number of thioether (sulfide) groups is 1. The van der Waals surface area contributed by atoms with Crippen LogP contribution in [0.15, 0.2) is 29.3 Å². The summed E-state index contributed by atoms with van der Waals surface area (Å²) in [5, 5.41) is 1.89. The highest BCUT2D eigenvalue weighted by molar-refractivity contribution is 8.14. The summed E-state index contributed by atoms with van der Waals surface area (Å²) in [6.07, 6.45) is 2.21. The molecular formula is C14H21NS. The molecule has 0 spiro atoms. The fourth-order valence-corrected chi connectivity index (χ4v) is 2.22. The van der Waals surface area contributed by atoms with E-state index >= 15 is 0 Å².